The number of carbonyl (C=O) groups is 4. The van der Waals surface area contributed by atoms with Gasteiger partial charge in [0.15, 0.2) is 5.11 Å². The molecule has 0 spiro atoms. The third-order valence-electron chi connectivity index (χ3n) is 3.50. The van der Waals surface area contributed by atoms with Crippen molar-refractivity contribution in [1.29, 1.82) is 0 Å². The first-order chi connectivity index (χ1) is 11.0. The number of aliphatic carboxylic acids is 3. The molecule has 0 saturated heterocycles. The number of carbonyl (C=O) groups excluding carboxylic acids is 1. The standard InChI is InChI=1S/C14H22N2O7S/c1-6(8(3)17)4-9(12(20)21)15-14(24)16-10(13(22)23)5-7(2)11(18)19/h6-7,9-10H,4-5H2,1-3H3,(H,18,19)(H,20,21)(H,22,23)(H2,15,16,24). The van der Waals surface area contributed by atoms with Gasteiger partial charge in [-0.2, -0.15) is 0 Å². The first kappa shape index (κ1) is 21.8. The molecule has 4 unspecified atom stereocenters. The van der Waals surface area contributed by atoms with Crippen LogP contribution in [0.25, 0.3) is 0 Å². The SMILES string of the molecule is CC(=O)C(C)CC(NC(=S)NC(CC(C)C(=O)O)C(=O)O)C(=O)O. The van der Waals surface area contributed by atoms with Crippen LogP contribution in [0.2, 0.25) is 0 Å². The maximum Gasteiger partial charge on any atom is 0.326 e. The van der Waals surface area contributed by atoms with Crippen LogP contribution in [-0.4, -0.2) is 56.2 Å². The Kier molecular flexibility index (Phi) is 8.90. The molecule has 136 valence electrons. The highest BCUT2D eigenvalue weighted by Crippen LogP contribution is 2.09. The van der Waals surface area contributed by atoms with Gasteiger partial charge in [-0.1, -0.05) is 13.8 Å². The number of Topliss-reactive ketones (excluding diaryl/α,β-unsaturated/α-hetero) is 1. The molecule has 0 radical (unpaired) electrons. The van der Waals surface area contributed by atoms with Crippen LogP contribution in [0, 0.1) is 11.8 Å². The Bertz CT molecular complexity index is 479. The van der Waals surface area contributed by atoms with Crippen LogP contribution >= 0.6 is 12.2 Å². The zero-order valence-corrected chi connectivity index (χ0v) is 14.4. The summed E-state index contributed by atoms with van der Waals surface area (Å²) in [5.74, 6) is -5.31. The van der Waals surface area contributed by atoms with Gasteiger partial charge in [0.25, 0.3) is 0 Å². The number of hydrogen-bond acceptors (Lipinski definition) is 5. The summed E-state index contributed by atoms with van der Waals surface area (Å²) in [6, 6.07) is -2.45. The quantitative estimate of drug-likeness (QED) is 0.338. The van der Waals surface area contributed by atoms with E-state index in [4.69, 9.17) is 27.5 Å². The minimum atomic E-state index is -1.31. The summed E-state index contributed by atoms with van der Waals surface area (Å²) in [6.45, 7) is 4.27. The third-order valence-corrected chi connectivity index (χ3v) is 3.74. The van der Waals surface area contributed by atoms with Gasteiger partial charge in [-0.15, -0.1) is 0 Å². The lowest BCUT2D eigenvalue weighted by Gasteiger charge is -2.22. The number of carboxylic acids is 3. The Hall–Kier alpha value is -2.23. The van der Waals surface area contributed by atoms with Crippen LogP contribution in [0.3, 0.4) is 0 Å². The van der Waals surface area contributed by atoms with E-state index in [1.165, 1.54) is 13.8 Å². The number of ketones is 1. The van der Waals surface area contributed by atoms with E-state index >= 15 is 0 Å². The van der Waals surface area contributed by atoms with E-state index in [1.807, 2.05) is 0 Å². The smallest absolute Gasteiger partial charge is 0.326 e. The van der Waals surface area contributed by atoms with E-state index in [9.17, 15) is 19.2 Å². The highest BCUT2D eigenvalue weighted by atomic mass is 32.1. The van der Waals surface area contributed by atoms with Crippen molar-refractivity contribution in [2.45, 2.75) is 45.7 Å². The number of nitrogens with one attached hydrogen (secondary N) is 2. The van der Waals surface area contributed by atoms with E-state index < -0.39 is 41.8 Å². The molecule has 9 nitrogen and oxygen atoms in total. The molecule has 0 saturated carbocycles. The molecule has 0 heterocycles. The van der Waals surface area contributed by atoms with Crippen LogP contribution in [0.5, 0.6) is 0 Å². The van der Waals surface area contributed by atoms with Gasteiger partial charge in [0, 0.05) is 5.92 Å². The first-order valence-corrected chi connectivity index (χ1v) is 7.62. The predicted molar refractivity (Wildman–Crippen MR) is 87.6 cm³/mol. The van der Waals surface area contributed by atoms with Gasteiger partial charge in [-0.25, -0.2) is 9.59 Å². The number of hydrogen-bond donors (Lipinski definition) is 5. The summed E-state index contributed by atoms with van der Waals surface area (Å²) in [5, 5.41) is 31.7. The normalized spacial score (nSPS) is 15.5. The lowest BCUT2D eigenvalue weighted by molar-refractivity contribution is -0.143. The van der Waals surface area contributed by atoms with Gasteiger partial charge in [0.1, 0.15) is 17.9 Å². The van der Waals surface area contributed by atoms with Crippen LogP contribution < -0.4 is 10.6 Å². The zero-order valence-electron chi connectivity index (χ0n) is 13.6. The van der Waals surface area contributed by atoms with Crippen molar-refractivity contribution in [3.63, 3.8) is 0 Å². The van der Waals surface area contributed by atoms with E-state index in [1.54, 1.807) is 6.92 Å². The zero-order chi connectivity index (χ0) is 19.0. The minimum absolute atomic E-state index is 0.0181. The third kappa shape index (κ3) is 7.86. The molecule has 5 N–H and O–H groups in total. The molecule has 0 fully saturated rings. The monoisotopic (exact) mass is 362 g/mol. The molecule has 0 amide bonds. The molecule has 0 aliphatic carbocycles. The van der Waals surface area contributed by atoms with Gasteiger partial charge in [-0.3, -0.25) is 9.59 Å². The van der Waals surface area contributed by atoms with Crippen LogP contribution in [-0.2, 0) is 19.2 Å². The molecule has 0 aliphatic rings. The van der Waals surface area contributed by atoms with Gasteiger partial charge < -0.3 is 26.0 Å². The lowest BCUT2D eigenvalue weighted by atomic mass is 9.98. The van der Waals surface area contributed by atoms with Gasteiger partial charge >= 0.3 is 17.9 Å². The second kappa shape index (κ2) is 9.81. The highest BCUT2D eigenvalue weighted by Gasteiger charge is 2.27. The Morgan fingerprint density at radius 3 is 1.50 bits per heavy atom. The Labute approximate surface area is 144 Å². The van der Waals surface area contributed by atoms with E-state index in [0.717, 1.165) is 0 Å². The van der Waals surface area contributed by atoms with Gasteiger partial charge in [0.2, 0.25) is 0 Å². The van der Waals surface area contributed by atoms with Crippen LogP contribution in [0.4, 0.5) is 0 Å². The van der Waals surface area contributed by atoms with E-state index in [2.05, 4.69) is 10.6 Å². The lowest BCUT2D eigenvalue weighted by Crippen LogP contribution is -2.52. The fourth-order valence-electron chi connectivity index (χ4n) is 1.78. The summed E-state index contributed by atoms with van der Waals surface area (Å²) in [5.41, 5.74) is 0. The molecule has 0 aromatic carbocycles. The molecule has 10 heteroatoms. The van der Waals surface area contributed by atoms with Crippen molar-refractivity contribution < 1.29 is 34.5 Å². The molecular formula is C14H22N2O7S. The van der Waals surface area contributed by atoms with Crippen molar-refractivity contribution in [2.75, 3.05) is 0 Å². The summed E-state index contributed by atoms with van der Waals surface area (Å²) in [7, 11) is 0. The molecule has 24 heavy (non-hydrogen) atoms. The predicted octanol–water partition coefficient (Wildman–Crippen LogP) is 0.0829. The largest absolute Gasteiger partial charge is 0.481 e. The van der Waals surface area contributed by atoms with Crippen molar-refractivity contribution >= 4 is 41.0 Å². The second-order valence-corrected chi connectivity index (χ2v) is 6.03. The van der Waals surface area contributed by atoms with Gasteiger partial charge in [-0.05, 0) is 32.0 Å². The highest BCUT2D eigenvalue weighted by molar-refractivity contribution is 7.80. The van der Waals surface area contributed by atoms with E-state index in [-0.39, 0.29) is 23.7 Å². The first-order valence-electron chi connectivity index (χ1n) is 7.21. The van der Waals surface area contributed by atoms with Crippen molar-refractivity contribution in [3.8, 4) is 0 Å². The average Bonchev–Trinajstić information content (AvgIpc) is 2.44. The summed E-state index contributed by atoms with van der Waals surface area (Å²) >= 11 is 4.90. The minimum Gasteiger partial charge on any atom is -0.481 e. The molecule has 0 aromatic heterocycles. The average molecular weight is 362 g/mol. The Morgan fingerprint density at radius 1 is 0.833 bits per heavy atom. The molecule has 0 aromatic rings. The van der Waals surface area contributed by atoms with Crippen LogP contribution in [0.1, 0.15) is 33.6 Å². The van der Waals surface area contributed by atoms with Crippen LogP contribution in [0.15, 0.2) is 0 Å². The number of carboxylic acid groups (broad SMARTS) is 3. The Balaban J connectivity index is 4.84. The van der Waals surface area contributed by atoms with Crippen molar-refractivity contribution in [1.82, 2.24) is 10.6 Å². The number of thiocarbonyl (C=S) groups is 1. The molecule has 0 aliphatic heterocycles. The Morgan fingerprint density at radius 2 is 1.21 bits per heavy atom. The van der Waals surface area contributed by atoms with Crippen molar-refractivity contribution in [3.05, 3.63) is 0 Å². The molecular weight excluding hydrogens is 340 g/mol. The summed E-state index contributed by atoms with van der Waals surface area (Å²) in [6.07, 6.45) is -0.246. The van der Waals surface area contributed by atoms with Crippen molar-refractivity contribution in [2.24, 2.45) is 11.8 Å². The number of rotatable bonds is 10. The topological polar surface area (TPSA) is 153 Å². The fourth-order valence-corrected chi connectivity index (χ4v) is 2.06. The maximum atomic E-state index is 11.2. The molecule has 0 bridgehead atoms. The van der Waals surface area contributed by atoms with Gasteiger partial charge in [0.05, 0.1) is 5.92 Å². The summed E-state index contributed by atoms with van der Waals surface area (Å²) < 4.78 is 0. The van der Waals surface area contributed by atoms with E-state index in [0.29, 0.717) is 0 Å². The molecule has 0 rings (SSSR count). The second-order valence-electron chi connectivity index (χ2n) is 5.62. The fraction of sp³-hybridized carbons (Fsp3) is 0.643. The maximum absolute atomic E-state index is 11.2. The summed E-state index contributed by atoms with van der Waals surface area (Å²) in [4.78, 5) is 44.5. The molecule has 4 atom stereocenters.